The highest BCUT2D eigenvalue weighted by molar-refractivity contribution is 5.50. The third kappa shape index (κ3) is 2.02. The SMILES string of the molecule is Nc1cc(F)cc(Oc2ccc3c(c2)OCO3)c1. The van der Waals surface area contributed by atoms with E-state index in [1.807, 2.05) is 0 Å². The van der Waals surface area contributed by atoms with Gasteiger partial charge in [-0.15, -0.1) is 0 Å². The first kappa shape index (κ1) is 10.7. The summed E-state index contributed by atoms with van der Waals surface area (Å²) in [6, 6.07) is 9.18. The van der Waals surface area contributed by atoms with E-state index in [1.54, 1.807) is 24.3 Å². The Morgan fingerprint density at radius 1 is 1.00 bits per heavy atom. The van der Waals surface area contributed by atoms with Crippen LogP contribution in [0.5, 0.6) is 23.0 Å². The van der Waals surface area contributed by atoms with Crippen molar-refractivity contribution in [2.24, 2.45) is 0 Å². The van der Waals surface area contributed by atoms with E-state index in [4.69, 9.17) is 19.9 Å². The maximum atomic E-state index is 13.1. The summed E-state index contributed by atoms with van der Waals surface area (Å²) in [5, 5.41) is 0. The van der Waals surface area contributed by atoms with Gasteiger partial charge < -0.3 is 19.9 Å². The third-order valence-corrected chi connectivity index (χ3v) is 2.47. The summed E-state index contributed by atoms with van der Waals surface area (Å²) < 4.78 is 29.1. The summed E-state index contributed by atoms with van der Waals surface area (Å²) >= 11 is 0. The summed E-state index contributed by atoms with van der Waals surface area (Å²) in [5.74, 6) is 1.71. The van der Waals surface area contributed by atoms with E-state index < -0.39 is 5.82 Å². The van der Waals surface area contributed by atoms with Gasteiger partial charge in [0.05, 0.1) is 0 Å². The Balaban J connectivity index is 1.88. The molecule has 1 aliphatic rings. The minimum atomic E-state index is -0.439. The van der Waals surface area contributed by atoms with Gasteiger partial charge in [0, 0.05) is 23.9 Å². The van der Waals surface area contributed by atoms with E-state index in [9.17, 15) is 4.39 Å². The van der Waals surface area contributed by atoms with Crippen molar-refractivity contribution in [3.05, 3.63) is 42.2 Å². The lowest BCUT2D eigenvalue weighted by Gasteiger charge is -2.07. The molecule has 0 atom stereocenters. The van der Waals surface area contributed by atoms with Crippen LogP contribution in [-0.4, -0.2) is 6.79 Å². The predicted octanol–water partition coefficient (Wildman–Crippen LogP) is 2.93. The van der Waals surface area contributed by atoms with E-state index >= 15 is 0 Å². The van der Waals surface area contributed by atoms with Crippen LogP contribution in [0.2, 0.25) is 0 Å². The lowest BCUT2D eigenvalue weighted by molar-refractivity contribution is 0.174. The van der Waals surface area contributed by atoms with Gasteiger partial charge in [0.2, 0.25) is 6.79 Å². The molecule has 0 bridgehead atoms. The van der Waals surface area contributed by atoms with Gasteiger partial charge in [0.25, 0.3) is 0 Å². The van der Waals surface area contributed by atoms with Gasteiger partial charge in [-0.25, -0.2) is 4.39 Å². The number of ether oxygens (including phenoxy) is 3. The van der Waals surface area contributed by atoms with Crippen LogP contribution in [0.3, 0.4) is 0 Å². The lowest BCUT2D eigenvalue weighted by atomic mass is 10.3. The molecule has 2 N–H and O–H groups in total. The molecule has 4 nitrogen and oxygen atoms in total. The standard InChI is InChI=1S/C13H10FNO3/c14-8-3-9(15)5-11(4-8)18-10-1-2-12-13(6-10)17-7-16-12/h1-6H,7,15H2. The third-order valence-electron chi connectivity index (χ3n) is 2.47. The number of anilines is 1. The largest absolute Gasteiger partial charge is 0.457 e. The van der Waals surface area contributed by atoms with Crippen LogP contribution in [0.25, 0.3) is 0 Å². The average Bonchev–Trinajstić information content (AvgIpc) is 2.74. The molecule has 0 saturated carbocycles. The van der Waals surface area contributed by atoms with Crippen LogP contribution in [0.4, 0.5) is 10.1 Å². The molecule has 0 spiro atoms. The van der Waals surface area contributed by atoms with Crippen molar-refractivity contribution < 1.29 is 18.6 Å². The maximum Gasteiger partial charge on any atom is 0.231 e. The molecule has 0 amide bonds. The monoisotopic (exact) mass is 247 g/mol. The van der Waals surface area contributed by atoms with Crippen LogP contribution in [-0.2, 0) is 0 Å². The van der Waals surface area contributed by atoms with E-state index in [1.165, 1.54) is 12.1 Å². The molecule has 92 valence electrons. The zero-order valence-corrected chi connectivity index (χ0v) is 9.35. The Bertz CT molecular complexity index is 581. The number of hydrogen-bond donors (Lipinski definition) is 1. The zero-order valence-electron chi connectivity index (χ0n) is 9.35. The molecule has 2 aromatic carbocycles. The van der Waals surface area contributed by atoms with Crippen molar-refractivity contribution >= 4 is 5.69 Å². The van der Waals surface area contributed by atoms with Crippen LogP contribution >= 0.6 is 0 Å². The van der Waals surface area contributed by atoms with Gasteiger partial charge in [-0.3, -0.25) is 0 Å². The molecule has 0 unspecified atom stereocenters. The molecule has 3 rings (SSSR count). The minimum Gasteiger partial charge on any atom is -0.457 e. The number of nitrogens with two attached hydrogens (primary N) is 1. The molecular weight excluding hydrogens is 237 g/mol. The van der Waals surface area contributed by atoms with Gasteiger partial charge in [-0.1, -0.05) is 0 Å². The molecule has 2 aromatic rings. The molecule has 0 saturated heterocycles. The summed E-state index contributed by atoms with van der Waals surface area (Å²) in [7, 11) is 0. The van der Waals surface area contributed by atoms with E-state index in [2.05, 4.69) is 0 Å². The predicted molar refractivity (Wildman–Crippen MR) is 63.5 cm³/mol. The van der Waals surface area contributed by atoms with E-state index in [0.29, 0.717) is 28.7 Å². The Morgan fingerprint density at radius 3 is 2.67 bits per heavy atom. The Morgan fingerprint density at radius 2 is 1.83 bits per heavy atom. The minimum absolute atomic E-state index is 0.200. The molecular formula is C13H10FNO3. The average molecular weight is 247 g/mol. The first-order chi connectivity index (χ1) is 8.70. The van der Waals surface area contributed by atoms with Crippen LogP contribution in [0, 0.1) is 5.82 Å². The number of nitrogen functional groups attached to an aromatic ring is 1. The molecule has 0 radical (unpaired) electrons. The number of benzene rings is 2. The zero-order chi connectivity index (χ0) is 12.5. The Kier molecular flexibility index (Phi) is 2.44. The fourth-order valence-corrected chi connectivity index (χ4v) is 1.72. The van der Waals surface area contributed by atoms with Gasteiger partial charge in [0.1, 0.15) is 17.3 Å². The fraction of sp³-hybridized carbons (Fsp3) is 0.0769. The molecule has 0 fully saturated rings. The maximum absolute atomic E-state index is 13.1. The fourth-order valence-electron chi connectivity index (χ4n) is 1.72. The first-order valence-corrected chi connectivity index (χ1v) is 5.34. The highest BCUT2D eigenvalue weighted by Crippen LogP contribution is 2.36. The highest BCUT2D eigenvalue weighted by Gasteiger charge is 2.14. The van der Waals surface area contributed by atoms with Crippen molar-refractivity contribution in [3.63, 3.8) is 0 Å². The number of halogens is 1. The van der Waals surface area contributed by atoms with Gasteiger partial charge >= 0.3 is 0 Å². The Labute approximate surface area is 103 Å². The normalized spacial score (nSPS) is 12.5. The first-order valence-electron chi connectivity index (χ1n) is 5.34. The lowest BCUT2D eigenvalue weighted by Crippen LogP contribution is -1.93. The van der Waals surface area contributed by atoms with Crippen LogP contribution in [0.1, 0.15) is 0 Å². The smallest absolute Gasteiger partial charge is 0.231 e. The summed E-state index contributed by atoms with van der Waals surface area (Å²) in [5.41, 5.74) is 5.85. The van der Waals surface area contributed by atoms with Crippen LogP contribution in [0.15, 0.2) is 36.4 Å². The summed E-state index contributed by atoms with van der Waals surface area (Å²) in [4.78, 5) is 0. The summed E-state index contributed by atoms with van der Waals surface area (Å²) in [6.45, 7) is 0.200. The van der Waals surface area contributed by atoms with Gasteiger partial charge in [-0.05, 0) is 18.2 Å². The van der Waals surface area contributed by atoms with Crippen molar-refractivity contribution in [1.82, 2.24) is 0 Å². The van der Waals surface area contributed by atoms with Crippen LogP contribution < -0.4 is 19.9 Å². The molecule has 5 heteroatoms. The molecule has 1 heterocycles. The Hall–Kier alpha value is -2.43. The second-order valence-corrected chi connectivity index (χ2v) is 3.84. The van der Waals surface area contributed by atoms with Crippen molar-refractivity contribution in [2.75, 3.05) is 12.5 Å². The number of fused-ring (bicyclic) bond motifs is 1. The molecule has 0 aliphatic carbocycles. The topological polar surface area (TPSA) is 53.7 Å². The number of rotatable bonds is 2. The second kappa shape index (κ2) is 4.10. The van der Waals surface area contributed by atoms with E-state index in [0.717, 1.165) is 0 Å². The van der Waals surface area contributed by atoms with Gasteiger partial charge in [-0.2, -0.15) is 0 Å². The van der Waals surface area contributed by atoms with Crippen molar-refractivity contribution in [1.29, 1.82) is 0 Å². The van der Waals surface area contributed by atoms with Gasteiger partial charge in [0.15, 0.2) is 11.5 Å². The number of hydrogen-bond acceptors (Lipinski definition) is 4. The second-order valence-electron chi connectivity index (χ2n) is 3.84. The molecule has 0 aromatic heterocycles. The van der Waals surface area contributed by atoms with Crippen molar-refractivity contribution in [3.8, 4) is 23.0 Å². The van der Waals surface area contributed by atoms with E-state index in [-0.39, 0.29) is 6.79 Å². The molecule has 1 aliphatic heterocycles. The summed E-state index contributed by atoms with van der Waals surface area (Å²) in [6.07, 6.45) is 0. The molecule has 18 heavy (non-hydrogen) atoms. The van der Waals surface area contributed by atoms with Crippen molar-refractivity contribution in [2.45, 2.75) is 0 Å². The quantitative estimate of drug-likeness (QED) is 0.829. The highest BCUT2D eigenvalue weighted by atomic mass is 19.1.